The molecule has 1 aromatic rings. The van der Waals surface area contributed by atoms with Crippen molar-refractivity contribution in [2.45, 2.75) is 20.4 Å². The van der Waals surface area contributed by atoms with Gasteiger partial charge < -0.3 is 15.1 Å². The third-order valence-electron chi connectivity index (χ3n) is 3.69. The molecule has 2 rings (SSSR count). The van der Waals surface area contributed by atoms with Gasteiger partial charge in [0.1, 0.15) is 0 Å². The zero-order valence-corrected chi connectivity index (χ0v) is 13.7. The van der Waals surface area contributed by atoms with E-state index in [0.717, 1.165) is 43.7 Å². The summed E-state index contributed by atoms with van der Waals surface area (Å²) in [5.74, 6) is 0.173. The zero-order valence-electron chi connectivity index (χ0n) is 12.2. The summed E-state index contributed by atoms with van der Waals surface area (Å²) in [5, 5.41) is 3.33. The van der Waals surface area contributed by atoms with Crippen molar-refractivity contribution in [1.29, 1.82) is 0 Å². The minimum absolute atomic E-state index is 0.173. The second kappa shape index (κ2) is 7.09. The van der Waals surface area contributed by atoms with Crippen LogP contribution < -0.4 is 10.2 Å². The molecule has 0 bridgehead atoms. The van der Waals surface area contributed by atoms with E-state index in [-0.39, 0.29) is 5.91 Å². The normalized spacial score (nSPS) is 15.6. The molecular weight excluding hydrogens is 318 g/mol. The molecule has 1 aliphatic rings. The Morgan fingerprint density at radius 2 is 2.00 bits per heavy atom. The van der Waals surface area contributed by atoms with Crippen molar-refractivity contribution in [2.24, 2.45) is 0 Å². The fraction of sp³-hybridized carbons (Fsp3) is 0.533. The average molecular weight is 340 g/mol. The monoisotopic (exact) mass is 339 g/mol. The number of hydrogen-bond acceptors (Lipinski definition) is 3. The second-order valence-electron chi connectivity index (χ2n) is 5.05. The van der Waals surface area contributed by atoms with Gasteiger partial charge in [0.05, 0.1) is 0 Å². The maximum atomic E-state index is 11.3. The third kappa shape index (κ3) is 3.73. The van der Waals surface area contributed by atoms with Gasteiger partial charge in [-0.25, -0.2) is 0 Å². The number of amides is 1. The third-order valence-corrected chi connectivity index (χ3v) is 4.43. The van der Waals surface area contributed by atoms with E-state index >= 15 is 0 Å². The van der Waals surface area contributed by atoms with Crippen LogP contribution in [0.1, 0.15) is 19.4 Å². The molecule has 1 saturated heterocycles. The van der Waals surface area contributed by atoms with Crippen molar-refractivity contribution in [3.63, 3.8) is 0 Å². The van der Waals surface area contributed by atoms with Crippen LogP contribution in [0.25, 0.3) is 0 Å². The van der Waals surface area contributed by atoms with E-state index in [9.17, 15) is 4.79 Å². The maximum absolute atomic E-state index is 11.3. The Morgan fingerprint density at radius 1 is 1.30 bits per heavy atom. The molecule has 5 heteroatoms. The average Bonchev–Trinajstić information content (AvgIpc) is 2.46. The first-order valence-electron chi connectivity index (χ1n) is 7.11. The minimum Gasteiger partial charge on any atom is -0.368 e. The van der Waals surface area contributed by atoms with Crippen molar-refractivity contribution in [3.8, 4) is 0 Å². The van der Waals surface area contributed by atoms with Gasteiger partial charge in [-0.2, -0.15) is 0 Å². The summed E-state index contributed by atoms with van der Waals surface area (Å²) < 4.78 is 1.14. The Bertz CT molecular complexity index is 470. The fourth-order valence-electron chi connectivity index (χ4n) is 2.42. The first-order chi connectivity index (χ1) is 9.61. The largest absolute Gasteiger partial charge is 0.368 e. The highest BCUT2D eigenvalue weighted by Gasteiger charge is 2.19. The molecule has 0 aromatic heterocycles. The van der Waals surface area contributed by atoms with Crippen LogP contribution >= 0.6 is 15.9 Å². The molecule has 0 unspecified atom stereocenters. The number of halogens is 1. The molecule has 1 fully saturated rings. The molecule has 20 heavy (non-hydrogen) atoms. The van der Waals surface area contributed by atoms with Crippen LogP contribution in [-0.2, 0) is 11.3 Å². The van der Waals surface area contributed by atoms with E-state index in [4.69, 9.17) is 0 Å². The molecular formula is C15H22BrN3O. The lowest BCUT2D eigenvalue weighted by atomic mass is 10.1. The van der Waals surface area contributed by atoms with Crippen LogP contribution in [0.3, 0.4) is 0 Å². The number of carbonyl (C=O) groups excluding carboxylic acids is 1. The Labute approximate surface area is 129 Å². The Hall–Kier alpha value is -1.07. The highest BCUT2D eigenvalue weighted by Crippen LogP contribution is 2.25. The molecule has 0 aliphatic carbocycles. The van der Waals surface area contributed by atoms with Gasteiger partial charge in [-0.3, -0.25) is 4.79 Å². The highest BCUT2D eigenvalue weighted by molar-refractivity contribution is 9.10. The minimum atomic E-state index is 0.173. The van der Waals surface area contributed by atoms with Crippen LogP contribution in [0, 0.1) is 0 Å². The van der Waals surface area contributed by atoms with Crippen molar-refractivity contribution in [2.75, 3.05) is 37.6 Å². The van der Waals surface area contributed by atoms with Gasteiger partial charge in [0.2, 0.25) is 5.91 Å². The highest BCUT2D eigenvalue weighted by atomic mass is 79.9. The van der Waals surface area contributed by atoms with E-state index in [0.29, 0.717) is 0 Å². The molecule has 1 aliphatic heterocycles. The van der Waals surface area contributed by atoms with Gasteiger partial charge in [0.25, 0.3) is 0 Å². The summed E-state index contributed by atoms with van der Waals surface area (Å²) in [7, 11) is 0. The van der Waals surface area contributed by atoms with E-state index < -0.39 is 0 Å². The van der Waals surface area contributed by atoms with E-state index in [1.54, 1.807) is 6.92 Å². The number of nitrogens with one attached hydrogen (secondary N) is 1. The molecule has 0 atom stereocenters. The molecule has 1 heterocycles. The summed E-state index contributed by atoms with van der Waals surface area (Å²) >= 11 is 3.65. The quantitative estimate of drug-likeness (QED) is 0.913. The molecule has 110 valence electrons. The smallest absolute Gasteiger partial charge is 0.219 e. The Balaban J connectivity index is 2.00. The van der Waals surface area contributed by atoms with Crippen LogP contribution in [0.15, 0.2) is 22.7 Å². The lowest BCUT2D eigenvalue weighted by Crippen LogP contribution is -2.48. The van der Waals surface area contributed by atoms with Gasteiger partial charge in [-0.15, -0.1) is 0 Å². The van der Waals surface area contributed by atoms with E-state index in [2.05, 4.69) is 51.3 Å². The van der Waals surface area contributed by atoms with Crippen LogP contribution in [0.2, 0.25) is 0 Å². The zero-order chi connectivity index (χ0) is 14.5. The first kappa shape index (κ1) is 15.3. The standard InChI is InChI=1S/C15H22BrN3O/c1-3-17-11-13-4-5-14(10-15(13)16)19-8-6-18(7-9-19)12(2)20/h4-5,10,17H,3,6-9,11H2,1-2H3. The van der Waals surface area contributed by atoms with Crippen LogP contribution in [-0.4, -0.2) is 43.5 Å². The number of nitrogens with zero attached hydrogens (tertiary/aromatic N) is 2. The predicted molar refractivity (Wildman–Crippen MR) is 86.0 cm³/mol. The summed E-state index contributed by atoms with van der Waals surface area (Å²) in [6.07, 6.45) is 0. The van der Waals surface area contributed by atoms with Crippen molar-refractivity contribution >= 4 is 27.5 Å². The molecule has 4 nitrogen and oxygen atoms in total. The predicted octanol–water partition coefficient (Wildman–Crippen LogP) is 2.23. The number of hydrogen-bond donors (Lipinski definition) is 1. The summed E-state index contributed by atoms with van der Waals surface area (Å²) in [4.78, 5) is 15.6. The number of carbonyl (C=O) groups is 1. The molecule has 0 spiro atoms. The SMILES string of the molecule is CCNCc1ccc(N2CCN(C(C)=O)CC2)cc1Br. The molecule has 0 radical (unpaired) electrons. The summed E-state index contributed by atoms with van der Waals surface area (Å²) in [5.41, 5.74) is 2.50. The maximum Gasteiger partial charge on any atom is 0.219 e. The molecule has 1 amide bonds. The van der Waals surface area contributed by atoms with Crippen molar-refractivity contribution in [1.82, 2.24) is 10.2 Å². The molecule has 1 aromatic carbocycles. The van der Waals surface area contributed by atoms with E-state index in [1.165, 1.54) is 11.3 Å². The number of anilines is 1. The van der Waals surface area contributed by atoms with Gasteiger partial charge in [0.15, 0.2) is 0 Å². The van der Waals surface area contributed by atoms with Crippen LogP contribution in [0.5, 0.6) is 0 Å². The topological polar surface area (TPSA) is 35.6 Å². The van der Waals surface area contributed by atoms with Gasteiger partial charge >= 0.3 is 0 Å². The molecule has 1 N–H and O–H groups in total. The second-order valence-corrected chi connectivity index (χ2v) is 5.90. The number of piperazine rings is 1. The summed E-state index contributed by atoms with van der Waals surface area (Å²) in [6.45, 7) is 9.03. The Kier molecular flexibility index (Phi) is 5.43. The van der Waals surface area contributed by atoms with E-state index in [1.807, 2.05) is 4.90 Å². The van der Waals surface area contributed by atoms with Crippen LogP contribution in [0.4, 0.5) is 5.69 Å². The lowest BCUT2D eigenvalue weighted by Gasteiger charge is -2.35. The lowest BCUT2D eigenvalue weighted by molar-refractivity contribution is -0.129. The van der Waals surface area contributed by atoms with Gasteiger partial charge in [-0.1, -0.05) is 28.9 Å². The first-order valence-corrected chi connectivity index (χ1v) is 7.90. The van der Waals surface area contributed by atoms with Gasteiger partial charge in [0, 0.05) is 49.8 Å². The Morgan fingerprint density at radius 3 is 2.55 bits per heavy atom. The van der Waals surface area contributed by atoms with Crippen molar-refractivity contribution < 1.29 is 4.79 Å². The molecule has 0 saturated carbocycles. The summed E-state index contributed by atoms with van der Waals surface area (Å²) in [6, 6.07) is 6.51. The fourth-order valence-corrected chi connectivity index (χ4v) is 2.92. The van der Waals surface area contributed by atoms with Crippen molar-refractivity contribution in [3.05, 3.63) is 28.2 Å². The number of rotatable bonds is 4. The van der Waals surface area contributed by atoms with Gasteiger partial charge in [-0.05, 0) is 24.2 Å². The number of benzene rings is 1.